The molecule has 1 N–H and O–H groups in total. The summed E-state index contributed by atoms with van der Waals surface area (Å²) in [6.07, 6.45) is 2.51. The fourth-order valence-electron chi connectivity index (χ4n) is 2.40. The van der Waals surface area contributed by atoms with Gasteiger partial charge in [-0.1, -0.05) is 19.9 Å². The van der Waals surface area contributed by atoms with Crippen molar-refractivity contribution < 1.29 is 4.74 Å². The second-order valence-electron chi connectivity index (χ2n) is 5.72. The highest BCUT2D eigenvalue weighted by molar-refractivity contribution is 5.40. The molecule has 0 amide bonds. The monoisotopic (exact) mass is 263 g/mol. The Labute approximate surface area is 116 Å². The number of pyridine rings is 1. The lowest BCUT2D eigenvalue weighted by Gasteiger charge is -2.36. The third-order valence-corrected chi connectivity index (χ3v) is 3.27. The topological polar surface area (TPSA) is 37.4 Å². The third kappa shape index (κ3) is 4.18. The molecule has 0 spiro atoms. The standard InChI is InChI=1S/C15H25N3O/c1-11(2)16-7-14-5-6-15(17-8-14)18-9-12(3)19-13(4)10-18/h5-6,8,11-13,16H,7,9-10H2,1-4H3. The van der Waals surface area contributed by atoms with Crippen molar-refractivity contribution in [3.8, 4) is 0 Å². The molecule has 0 saturated carbocycles. The molecule has 4 nitrogen and oxygen atoms in total. The van der Waals surface area contributed by atoms with Crippen LogP contribution in [0.1, 0.15) is 33.3 Å². The molecule has 4 heteroatoms. The van der Waals surface area contributed by atoms with Crippen LogP contribution in [0.5, 0.6) is 0 Å². The van der Waals surface area contributed by atoms with Crippen LogP contribution in [0.15, 0.2) is 18.3 Å². The Hall–Kier alpha value is -1.13. The van der Waals surface area contributed by atoms with E-state index in [1.807, 2.05) is 6.20 Å². The van der Waals surface area contributed by atoms with Gasteiger partial charge >= 0.3 is 0 Å². The first-order valence-corrected chi connectivity index (χ1v) is 7.13. The van der Waals surface area contributed by atoms with Gasteiger partial charge in [0.25, 0.3) is 0 Å². The van der Waals surface area contributed by atoms with E-state index in [9.17, 15) is 0 Å². The number of anilines is 1. The van der Waals surface area contributed by atoms with Gasteiger partial charge in [-0.25, -0.2) is 4.98 Å². The molecule has 2 heterocycles. The largest absolute Gasteiger partial charge is 0.372 e. The number of nitrogens with zero attached hydrogens (tertiary/aromatic N) is 2. The van der Waals surface area contributed by atoms with E-state index >= 15 is 0 Å². The van der Waals surface area contributed by atoms with Crippen LogP contribution in [0.4, 0.5) is 5.82 Å². The Balaban J connectivity index is 1.97. The Morgan fingerprint density at radius 2 is 2.00 bits per heavy atom. The van der Waals surface area contributed by atoms with Gasteiger partial charge in [0.2, 0.25) is 0 Å². The van der Waals surface area contributed by atoms with Gasteiger partial charge in [-0.05, 0) is 25.5 Å². The number of hydrogen-bond donors (Lipinski definition) is 1. The summed E-state index contributed by atoms with van der Waals surface area (Å²) >= 11 is 0. The summed E-state index contributed by atoms with van der Waals surface area (Å²) < 4.78 is 5.75. The zero-order valence-corrected chi connectivity index (χ0v) is 12.4. The van der Waals surface area contributed by atoms with Crippen molar-refractivity contribution in [1.29, 1.82) is 0 Å². The summed E-state index contributed by atoms with van der Waals surface area (Å²) in [4.78, 5) is 6.88. The number of nitrogens with one attached hydrogen (secondary N) is 1. The summed E-state index contributed by atoms with van der Waals surface area (Å²) in [6.45, 7) is 11.2. The Kier molecular flexibility index (Phi) is 4.77. The molecule has 2 unspecified atom stereocenters. The molecule has 1 aromatic heterocycles. The Morgan fingerprint density at radius 3 is 2.53 bits per heavy atom. The average Bonchev–Trinajstić information content (AvgIpc) is 2.36. The molecular weight excluding hydrogens is 238 g/mol. The summed E-state index contributed by atoms with van der Waals surface area (Å²) in [6, 6.07) is 4.77. The molecule has 1 fully saturated rings. The van der Waals surface area contributed by atoms with E-state index in [0.717, 1.165) is 25.5 Å². The molecule has 19 heavy (non-hydrogen) atoms. The fourth-order valence-corrected chi connectivity index (χ4v) is 2.40. The summed E-state index contributed by atoms with van der Waals surface area (Å²) in [5.74, 6) is 1.05. The minimum Gasteiger partial charge on any atom is -0.372 e. The van der Waals surface area contributed by atoms with Crippen molar-refractivity contribution in [3.05, 3.63) is 23.9 Å². The van der Waals surface area contributed by atoms with Crippen molar-refractivity contribution in [2.45, 2.75) is 52.5 Å². The zero-order valence-electron chi connectivity index (χ0n) is 12.4. The smallest absolute Gasteiger partial charge is 0.128 e. The molecule has 2 rings (SSSR count). The van der Waals surface area contributed by atoms with Crippen molar-refractivity contribution in [2.24, 2.45) is 0 Å². The van der Waals surface area contributed by atoms with E-state index in [4.69, 9.17) is 4.74 Å². The molecule has 1 saturated heterocycles. The van der Waals surface area contributed by atoms with Crippen molar-refractivity contribution in [1.82, 2.24) is 10.3 Å². The highest BCUT2D eigenvalue weighted by Crippen LogP contribution is 2.18. The lowest BCUT2D eigenvalue weighted by atomic mass is 10.2. The van der Waals surface area contributed by atoms with Gasteiger partial charge in [0, 0.05) is 31.9 Å². The number of hydrogen-bond acceptors (Lipinski definition) is 4. The number of ether oxygens (including phenoxy) is 1. The minimum atomic E-state index is 0.271. The van der Waals surface area contributed by atoms with E-state index in [-0.39, 0.29) is 12.2 Å². The number of aromatic nitrogens is 1. The maximum atomic E-state index is 5.75. The Morgan fingerprint density at radius 1 is 1.32 bits per heavy atom. The van der Waals surface area contributed by atoms with E-state index in [1.54, 1.807) is 0 Å². The van der Waals surface area contributed by atoms with Gasteiger partial charge in [-0.2, -0.15) is 0 Å². The van der Waals surface area contributed by atoms with Crippen LogP contribution in [-0.2, 0) is 11.3 Å². The maximum Gasteiger partial charge on any atom is 0.128 e. The predicted molar refractivity (Wildman–Crippen MR) is 78.4 cm³/mol. The second kappa shape index (κ2) is 6.35. The fraction of sp³-hybridized carbons (Fsp3) is 0.667. The van der Waals surface area contributed by atoms with E-state index in [1.165, 1.54) is 5.56 Å². The highest BCUT2D eigenvalue weighted by atomic mass is 16.5. The van der Waals surface area contributed by atoms with E-state index in [0.29, 0.717) is 6.04 Å². The molecule has 1 aliphatic heterocycles. The average molecular weight is 263 g/mol. The van der Waals surface area contributed by atoms with Gasteiger partial charge in [-0.3, -0.25) is 0 Å². The minimum absolute atomic E-state index is 0.271. The molecular formula is C15H25N3O. The SMILES string of the molecule is CC(C)NCc1ccc(N2CC(C)OC(C)C2)nc1. The molecule has 1 aromatic rings. The van der Waals surface area contributed by atoms with Crippen LogP contribution >= 0.6 is 0 Å². The van der Waals surface area contributed by atoms with Crippen LogP contribution < -0.4 is 10.2 Å². The first kappa shape index (κ1) is 14.3. The van der Waals surface area contributed by atoms with Crippen molar-refractivity contribution in [3.63, 3.8) is 0 Å². The number of morpholine rings is 1. The molecule has 0 aromatic carbocycles. The summed E-state index contributed by atoms with van der Waals surface area (Å²) in [7, 11) is 0. The summed E-state index contributed by atoms with van der Waals surface area (Å²) in [5.41, 5.74) is 1.23. The van der Waals surface area contributed by atoms with Gasteiger partial charge in [0.05, 0.1) is 12.2 Å². The maximum absolute atomic E-state index is 5.75. The molecule has 0 bridgehead atoms. The zero-order chi connectivity index (χ0) is 13.8. The van der Waals surface area contributed by atoms with Crippen molar-refractivity contribution >= 4 is 5.82 Å². The Bertz CT molecular complexity index is 381. The van der Waals surface area contributed by atoms with E-state index in [2.05, 4.69) is 55.0 Å². The molecule has 0 radical (unpaired) electrons. The van der Waals surface area contributed by atoms with Crippen molar-refractivity contribution in [2.75, 3.05) is 18.0 Å². The van der Waals surface area contributed by atoms with Crippen LogP contribution in [0, 0.1) is 0 Å². The first-order valence-electron chi connectivity index (χ1n) is 7.13. The van der Waals surface area contributed by atoms with Gasteiger partial charge in [-0.15, -0.1) is 0 Å². The quantitative estimate of drug-likeness (QED) is 0.903. The molecule has 2 atom stereocenters. The van der Waals surface area contributed by atoms with Crippen LogP contribution in [-0.4, -0.2) is 36.3 Å². The first-order chi connectivity index (χ1) is 9.04. The molecule has 1 aliphatic rings. The third-order valence-electron chi connectivity index (χ3n) is 3.27. The van der Waals surface area contributed by atoms with Crippen LogP contribution in [0.2, 0.25) is 0 Å². The number of rotatable bonds is 4. The van der Waals surface area contributed by atoms with Crippen LogP contribution in [0.25, 0.3) is 0 Å². The van der Waals surface area contributed by atoms with E-state index < -0.39 is 0 Å². The van der Waals surface area contributed by atoms with Gasteiger partial charge < -0.3 is 15.0 Å². The lowest BCUT2D eigenvalue weighted by molar-refractivity contribution is -0.00545. The highest BCUT2D eigenvalue weighted by Gasteiger charge is 2.22. The predicted octanol–water partition coefficient (Wildman–Crippen LogP) is 2.19. The second-order valence-corrected chi connectivity index (χ2v) is 5.72. The normalized spacial score (nSPS) is 23.9. The molecule has 106 valence electrons. The van der Waals surface area contributed by atoms with Gasteiger partial charge in [0.1, 0.15) is 5.82 Å². The summed E-state index contributed by atoms with van der Waals surface area (Å²) in [5, 5.41) is 3.40. The van der Waals surface area contributed by atoms with Crippen LogP contribution in [0.3, 0.4) is 0 Å². The molecule has 0 aliphatic carbocycles. The lowest BCUT2D eigenvalue weighted by Crippen LogP contribution is -2.45. The van der Waals surface area contributed by atoms with Gasteiger partial charge in [0.15, 0.2) is 0 Å².